The Balaban J connectivity index is 1.36. The van der Waals surface area contributed by atoms with Gasteiger partial charge in [0, 0.05) is 48.7 Å². The van der Waals surface area contributed by atoms with Crippen molar-refractivity contribution in [2.24, 2.45) is 5.92 Å². The third kappa shape index (κ3) is 4.85. The van der Waals surface area contributed by atoms with Crippen molar-refractivity contribution in [2.45, 2.75) is 25.7 Å². The number of ether oxygens (including phenoxy) is 1. The Morgan fingerprint density at radius 1 is 0.969 bits per heavy atom. The van der Waals surface area contributed by atoms with Crippen molar-refractivity contribution in [3.05, 3.63) is 63.2 Å². The van der Waals surface area contributed by atoms with Crippen LogP contribution in [0.15, 0.2) is 42.5 Å². The fourth-order valence-corrected chi connectivity index (χ4v) is 4.39. The largest absolute Gasteiger partial charge is 0.450 e. The average Bonchev–Trinajstić information content (AvgIpc) is 3.35. The Morgan fingerprint density at radius 2 is 1.62 bits per heavy atom. The topological polar surface area (TPSA) is 93.0 Å². The smallest absolute Gasteiger partial charge is 0.313 e. The molecule has 2 aromatic carbocycles. The molecule has 0 aliphatic carbocycles. The number of nitro benzene ring substituents is 1. The lowest BCUT2D eigenvalue weighted by molar-refractivity contribution is -0.385. The molecule has 0 aromatic heterocycles. The van der Waals surface area contributed by atoms with Crippen molar-refractivity contribution in [2.75, 3.05) is 26.2 Å². The molecule has 2 aliphatic rings. The summed E-state index contributed by atoms with van der Waals surface area (Å²) in [6.07, 6.45) is 3.52. The second kappa shape index (κ2) is 9.56. The number of halogens is 1. The minimum absolute atomic E-state index is 0.00286. The Bertz CT molecular complexity index is 1010. The molecular weight excluding hydrogens is 434 g/mol. The molecule has 2 amide bonds. The maximum Gasteiger partial charge on any atom is 0.313 e. The molecule has 32 heavy (non-hydrogen) atoms. The van der Waals surface area contributed by atoms with E-state index in [2.05, 4.69) is 0 Å². The first-order chi connectivity index (χ1) is 15.4. The van der Waals surface area contributed by atoms with Crippen molar-refractivity contribution >= 4 is 29.1 Å². The van der Waals surface area contributed by atoms with Gasteiger partial charge in [-0.15, -0.1) is 0 Å². The van der Waals surface area contributed by atoms with Gasteiger partial charge in [-0.3, -0.25) is 19.7 Å². The molecule has 0 atom stereocenters. The highest BCUT2D eigenvalue weighted by Crippen LogP contribution is 2.33. The van der Waals surface area contributed by atoms with E-state index in [0.29, 0.717) is 37.2 Å². The number of hydrogen-bond acceptors (Lipinski definition) is 5. The van der Waals surface area contributed by atoms with E-state index in [9.17, 15) is 19.7 Å². The van der Waals surface area contributed by atoms with Crippen LogP contribution in [0.25, 0.3) is 0 Å². The van der Waals surface area contributed by atoms with Gasteiger partial charge >= 0.3 is 5.69 Å². The van der Waals surface area contributed by atoms with Crippen LogP contribution < -0.4 is 4.74 Å². The van der Waals surface area contributed by atoms with Crippen LogP contribution in [0, 0.1) is 16.0 Å². The molecule has 0 saturated carbocycles. The molecule has 2 heterocycles. The second-order valence-corrected chi connectivity index (χ2v) is 8.53. The molecule has 2 saturated heterocycles. The summed E-state index contributed by atoms with van der Waals surface area (Å²) in [5.74, 6) is 0.585. The number of amides is 2. The van der Waals surface area contributed by atoms with Crippen LogP contribution in [-0.4, -0.2) is 52.7 Å². The van der Waals surface area contributed by atoms with Gasteiger partial charge in [0.1, 0.15) is 5.75 Å². The monoisotopic (exact) mass is 457 g/mol. The number of piperidine rings is 1. The molecular formula is C23H24ClN3O5. The zero-order valence-electron chi connectivity index (χ0n) is 17.5. The summed E-state index contributed by atoms with van der Waals surface area (Å²) >= 11 is 5.83. The molecule has 0 bridgehead atoms. The zero-order chi connectivity index (χ0) is 22.7. The fraction of sp³-hybridized carbons (Fsp3) is 0.391. The van der Waals surface area contributed by atoms with Gasteiger partial charge in [0.25, 0.3) is 5.91 Å². The summed E-state index contributed by atoms with van der Waals surface area (Å²) in [6.45, 7) is 2.81. The van der Waals surface area contributed by atoms with Crippen LogP contribution in [0.4, 0.5) is 5.69 Å². The van der Waals surface area contributed by atoms with Crippen molar-refractivity contribution in [3.8, 4) is 11.5 Å². The summed E-state index contributed by atoms with van der Waals surface area (Å²) < 4.78 is 5.63. The van der Waals surface area contributed by atoms with E-state index in [1.165, 1.54) is 18.2 Å². The van der Waals surface area contributed by atoms with E-state index in [0.717, 1.165) is 25.9 Å². The van der Waals surface area contributed by atoms with Gasteiger partial charge < -0.3 is 14.5 Å². The lowest BCUT2D eigenvalue weighted by Gasteiger charge is -2.33. The lowest BCUT2D eigenvalue weighted by Crippen LogP contribution is -2.43. The Labute approximate surface area is 190 Å². The first-order valence-corrected chi connectivity index (χ1v) is 11.1. The van der Waals surface area contributed by atoms with Crippen LogP contribution in [0.5, 0.6) is 11.5 Å². The third-order valence-electron chi connectivity index (χ3n) is 6.00. The Morgan fingerprint density at radius 3 is 2.25 bits per heavy atom. The van der Waals surface area contributed by atoms with E-state index < -0.39 is 4.92 Å². The number of benzene rings is 2. The molecule has 0 spiro atoms. The standard InChI is InChI=1S/C23H24ClN3O5/c24-18-5-8-21(20(15-18)27(30)31)32-19-6-3-16(4-7-19)22(28)26-13-9-17(10-14-26)23(29)25-11-1-2-12-25/h3-8,15,17H,1-2,9-14H2. The molecule has 0 unspecified atom stereocenters. The normalized spacial score (nSPS) is 16.8. The minimum atomic E-state index is -0.558. The third-order valence-corrected chi connectivity index (χ3v) is 6.23. The van der Waals surface area contributed by atoms with E-state index >= 15 is 0 Å². The van der Waals surface area contributed by atoms with Gasteiger partial charge in [0.2, 0.25) is 11.7 Å². The molecule has 2 fully saturated rings. The summed E-state index contributed by atoms with van der Waals surface area (Å²) in [5.41, 5.74) is 0.274. The quantitative estimate of drug-likeness (QED) is 0.486. The van der Waals surface area contributed by atoms with Crippen LogP contribution in [0.2, 0.25) is 5.02 Å². The molecule has 0 radical (unpaired) electrons. The van der Waals surface area contributed by atoms with Crippen LogP contribution in [0.1, 0.15) is 36.0 Å². The van der Waals surface area contributed by atoms with Crippen molar-refractivity contribution in [1.29, 1.82) is 0 Å². The average molecular weight is 458 g/mol. The molecule has 4 rings (SSSR count). The van der Waals surface area contributed by atoms with Crippen molar-refractivity contribution in [3.63, 3.8) is 0 Å². The molecule has 9 heteroatoms. The number of hydrogen-bond donors (Lipinski definition) is 0. The maximum atomic E-state index is 12.9. The summed E-state index contributed by atoms with van der Waals surface area (Å²) in [6, 6.07) is 10.7. The number of likely N-dealkylation sites (tertiary alicyclic amines) is 2. The second-order valence-electron chi connectivity index (χ2n) is 8.09. The van der Waals surface area contributed by atoms with Gasteiger partial charge in [-0.25, -0.2) is 0 Å². The predicted molar refractivity (Wildman–Crippen MR) is 119 cm³/mol. The van der Waals surface area contributed by atoms with Gasteiger partial charge in [0.15, 0.2) is 0 Å². The van der Waals surface area contributed by atoms with Gasteiger partial charge in [-0.2, -0.15) is 0 Å². The summed E-state index contributed by atoms with van der Waals surface area (Å²) in [4.78, 5) is 39.8. The molecule has 2 aromatic rings. The highest BCUT2D eigenvalue weighted by Gasteiger charge is 2.31. The minimum Gasteiger partial charge on any atom is -0.450 e. The maximum absolute atomic E-state index is 12.9. The van der Waals surface area contributed by atoms with E-state index in [-0.39, 0.29) is 34.2 Å². The van der Waals surface area contributed by atoms with Crippen LogP contribution in [-0.2, 0) is 4.79 Å². The van der Waals surface area contributed by atoms with E-state index in [4.69, 9.17) is 16.3 Å². The van der Waals surface area contributed by atoms with Crippen molar-refractivity contribution < 1.29 is 19.2 Å². The molecule has 0 N–H and O–H groups in total. The highest BCUT2D eigenvalue weighted by atomic mass is 35.5. The van der Waals surface area contributed by atoms with Crippen LogP contribution in [0.3, 0.4) is 0 Å². The SMILES string of the molecule is O=C(c1ccc(Oc2ccc(Cl)cc2[N+](=O)[O-])cc1)N1CCC(C(=O)N2CCCC2)CC1. The molecule has 8 nitrogen and oxygen atoms in total. The van der Waals surface area contributed by atoms with Gasteiger partial charge in [-0.1, -0.05) is 11.6 Å². The number of carbonyl (C=O) groups is 2. The Hall–Kier alpha value is -3.13. The summed E-state index contributed by atoms with van der Waals surface area (Å²) in [5, 5.41) is 11.5. The fourth-order valence-electron chi connectivity index (χ4n) is 4.22. The molecule has 2 aliphatic heterocycles. The van der Waals surface area contributed by atoms with Crippen LogP contribution >= 0.6 is 11.6 Å². The first-order valence-electron chi connectivity index (χ1n) is 10.7. The zero-order valence-corrected chi connectivity index (χ0v) is 18.3. The number of nitro groups is 1. The number of nitrogens with zero attached hydrogens (tertiary/aromatic N) is 3. The van der Waals surface area contributed by atoms with E-state index in [1.807, 2.05) is 4.90 Å². The first kappa shape index (κ1) is 22.1. The number of carbonyl (C=O) groups excluding carboxylic acids is 2. The molecule has 168 valence electrons. The Kier molecular flexibility index (Phi) is 6.60. The highest BCUT2D eigenvalue weighted by molar-refractivity contribution is 6.30. The van der Waals surface area contributed by atoms with Gasteiger partial charge in [-0.05, 0) is 62.1 Å². The van der Waals surface area contributed by atoms with Crippen molar-refractivity contribution in [1.82, 2.24) is 9.80 Å². The number of rotatable bonds is 5. The lowest BCUT2D eigenvalue weighted by atomic mass is 9.95. The van der Waals surface area contributed by atoms with Gasteiger partial charge in [0.05, 0.1) is 4.92 Å². The summed E-state index contributed by atoms with van der Waals surface area (Å²) in [7, 11) is 0. The van der Waals surface area contributed by atoms with E-state index in [1.54, 1.807) is 29.2 Å². The predicted octanol–water partition coefficient (Wildman–Crippen LogP) is 4.52.